The van der Waals surface area contributed by atoms with E-state index in [1.165, 1.54) is 19.3 Å². The number of carbonyl (C=O) groups excluding carboxylic acids is 2. The molecule has 10 nitrogen and oxygen atoms in total. The van der Waals surface area contributed by atoms with Gasteiger partial charge in [-0.3, -0.25) is 14.5 Å². The molecular formula is C37H67N3O7. The third kappa shape index (κ3) is 9.35. The number of Topliss-reactive ketones (excluding diaryl/α,β-unsaturated/α-hetero) is 1. The highest BCUT2D eigenvalue weighted by Gasteiger charge is 2.52. The fraction of sp³-hybridized carbons (Fsp3) is 0.946. The van der Waals surface area contributed by atoms with Crippen LogP contribution in [0, 0.1) is 29.1 Å². The second-order valence-electron chi connectivity index (χ2n) is 16.5. The summed E-state index contributed by atoms with van der Waals surface area (Å²) in [5.74, 6) is 0.0164. The van der Waals surface area contributed by atoms with E-state index in [4.69, 9.17) is 18.9 Å². The van der Waals surface area contributed by atoms with Gasteiger partial charge in [0.1, 0.15) is 18.1 Å². The number of nitrogens with one attached hydrogen (secondary N) is 1. The summed E-state index contributed by atoms with van der Waals surface area (Å²) in [5.41, 5.74) is -2.30. The monoisotopic (exact) mass is 665 g/mol. The van der Waals surface area contributed by atoms with Gasteiger partial charge in [-0.25, -0.2) is 0 Å². The molecule has 9 atom stereocenters. The van der Waals surface area contributed by atoms with Crippen LogP contribution in [0.5, 0.6) is 0 Å². The number of carbonyl (C=O) groups is 2. The molecule has 2 aliphatic carbocycles. The number of hydrogen-bond acceptors (Lipinski definition) is 10. The summed E-state index contributed by atoms with van der Waals surface area (Å²) < 4.78 is 25.3. The van der Waals surface area contributed by atoms with E-state index in [-0.39, 0.29) is 36.5 Å². The predicted molar refractivity (Wildman–Crippen MR) is 183 cm³/mol. The standard InChI is InChI=1S/C37H67N3O7/c1-11-16-40-21-23(2)20-37(7,44-10)33(47-34-31(41)29(39(8)9)17-24(3)46-34)25(4)32(42)36(5,6)35(43)45-22-30(40)27-18-28(19-27)38-15-14-26-12-13-26/h23-31,33-34,38,41H,11-22H2,1-10H3/t23-,24-,25+,27?,28?,29+,30+,31-,33-,34+,37-/m1/s1. The first-order chi connectivity index (χ1) is 22.1. The summed E-state index contributed by atoms with van der Waals surface area (Å²) in [6.07, 6.45) is 5.66. The lowest BCUT2D eigenvalue weighted by Crippen LogP contribution is -2.59. The molecule has 0 aromatic heterocycles. The van der Waals surface area contributed by atoms with Crippen molar-refractivity contribution in [3.8, 4) is 0 Å². The largest absolute Gasteiger partial charge is 0.463 e. The van der Waals surface area contributed by atoms with E-state index in [2.05, 4.69) is 24.1 Å². The molecule has 2 saturated heterocycles. The smallest absolute Gasteiger partial charge is 0.319 e. The van der Waals surface area contributed by atoms with E-state index in [1.807, 2.05) is 39.8 Å². The van der Waals surface area contributed by atoms with Crippen molar-refractivity contribution in [1.82, 2.24) is 15.1 Å². The average Bonchev–Trinajstić information content (AvgIpc) is 3.82. The summed E-state index contributed by atoms with van der Waals surface area (Å²) in [6.45, 7) is 16.6. The van der Waals surface area contributed by atoms with Crippen LogP contribution < -0.4 is 5.32 Å². The average molecular weight is 666 g/mol. The zero-order valence-corrected chi connectivity index (χ0v) is 31.1. The van der Waals surface area contributed by atoms with Crippen molar-refractivity contribution in [2.45, 2.75) is 148 Å². The molecule has 47 heavy (non-hydrogen) atoms. The Kier molecular flexibility index (Phi) is 13.4. The molecule has 2 heterocycles. The van der Waals surface area contributed by atoms with Crippen molar-refractivity contribution < 1.29 is 33.6 Å². The Hall–Kier alpha value is -1.14. The molecular weight excluding hydrogens is 598 g/mol. The van der Waals surface area contributed by atoms with Crippen LogP contribution in [0.15, 0.2) is 0 Å². The van der Waals surface area contributed by atoms with Crippen LogP contribution in [0.4, 0.5) is 0 Å². The Balaban J connectivity index is 1.60. The van der Waals surface area contributed by atoms with E-state index in [0.29, 0.717) is 24.8 Å². The Morgan fingerprint density at radius 3 is 2.36 bits per heavy atom. The van der Waals surface area contributed by atoms with E-state index < -0.39 is 41.4 Å². The molecule has 4 aliphatic rings. The lowest BCUT2D eigenvalue weighted by atomic mass is 9.74. The van der Waals surface area contributed by atoms with Crippen LogP contribution in [0.3, 0.4) is 0 Å². The Labute approximate surface area is 284 Å². The molecule has 4 rings (SSSR count). The van der Waals surface area contributed by atoms with Crippen LogP contribution in [-0.4, -0.2) is 122 Å². The van der Waals surface area contributed by atoms with Gasteiger partial charge in [0.25, 0.3) is 0 Å². The van der Waals surface area contributed by atoms with Crippen LogP contribution in [0.2, 0.25) is 0 Å². The number of hydrogen-bond donors (Lipinski definition) is 2. The van der Waals surface area contributed by atoms with Gasteiger partial charge in [-0.15, -0.1) is 0 Å². The second-order valence-corrected chi connectivity index (χ2v) is 16.5. The number of methoxy groups -OCH3 is 1. The molecule has 10 heteroatoms. The lowest BCUT2D eigenvalue weighted by molar-refractivity contribution is -0.295. The number of rotatable bonds is 11. The topological polar surface area (TPSA) is 110 Å². The zero-order valence-electron chi connectivity index (χ0n) is 31.1. The summed E-state index contributed by atoms with van der Waals surface area (Å²) in [7, 11) is 5.54. The number of ketones is 1. The Morgan fingerprint density at radius 1 is 1.09 bits per heavy atom. The number of aliphatic hydroxyl groups is 1. The molecule has 2 aliphatic heterocycles. The maximum atomic E-state index is 14.3. The molecule has 2 saturated carbocycles. The summed E-state index contributed by atoms with van der Waals surface area (Å²) >= 11 is 0. The van der Waals surface area contributed by atoms with Gasteiger partial charge in [0.05, 0.1) is 17.8 Å². The summed E-state index contributed by atoms with van der Waals surface area (Å²) in [5, 5.41) is 15.1. The van der Waals surface area contributed by atoms with E-state index in [9.17, 15) is 14.7 Å². The van der Waals surface area contributed by atoms with Crippen LogP contribution >= 0.6 is 0 Å². The van der Waals surface area contributed by atoms with Crippen molar-refractivity contribution in [2.75, 3.05) is 47.4 Å². The minimum Gasteiger partial charge on any atom is -0.463 e. The first-order valence-corrected chi connectivity index (χ1v) is 18.5. The lowest BCUT2D eigenvalue weighted by Gasteiger charge is -2.47. The number of aliphatic hydroxyl groups excluding tert-OH is 1. The Morgan fingerprint density at radius 2 is 1.77 bits per heavy atom. The zero-order chi connectivity index (χ0) is 34.7. The molecule has 0 aromatic carbocycles. The minimum atomic E-state index is -1.40. The maximum absolute atomic E-state index is 14.3. The summed E-state index contributed by atoms with van der Waals surface area (Å²) in [4.78, 5) is 32.6. The van der Waals surface area contributed by atoms with Gasteiger partial charge in [0.15, 0.2) is 12.1 Å². The highest BCUT2D eigenvalue weighted by atomic mass is 16.7. The maximum Gasteiger partial charge on any atom is 0.319 e. The summed E-state index contributed by atoms with van der Waals surface area (Å²) in [6, 6.07) is 0.436. The van der Waals surface area contributed by atoms with E-state index in [0.717, 1.165) is 44.8 Å². The molecule has 0 spiro atoms. The predicted octanol–water partition coefficient (Wildman–Crippen LogP) is 4.27. The van der Waals surface area contributed by atoms with Crippen molar-refractivity contribution in [2.24, 2.45) is 29.1 Å². The van der Waals surface area contributed by atoms with Gasteiger partial charge in [-0.05, 0) is 111 Å². The third-order valence-corrected chi connectivity index (χ3v) is 11.7. The molecule has 0 amide bonds. The number of ether oxygens (including phenoxy) is 4. The SMILES string of the molecule is CCCN1C[C@H](C)C[C@@](C)(OC)[C@H](O[C@@H]2O[C@H](C)C[C@H](N(C)C)[C@H]2O)[C@@H](C)C(=O)C(C)(C)C(=O)OC[C@H]1C1CC(NCCC2CC2)C1. The van der Waals surface area contributed by atoms with Gasteiger partial charge < -0.3 is 34.3 Å². The second kappa shape index (κ2) is 16.3. The number of nitrogens with zero attached hydrogens (tertiary/aromatic N) is 2. The van der Waals surface area contributed by atoms with Gasteiger partial charge in [-0.1, -0.05) is 33.6 Å². The van der Waals surface area contributed by atoms with Crippen molar-refractivity contribution in [1.29, 1.82) is 0 Å². The quantitative estimate of drug-likeness (QED) is 0.245. The first kappa shape index (κ1) is 38.7. The normalized spacial score (nSPS) is 41.0. The van der Waals surface area contributed by atoms with E-state index >= 15 is 0 Å². The van der Waals surface area contributed by atoms with Gasteiger partial charge >= 0.3 is 5.97 Å². The fourth-order valence-electron chi connectivity index (χ4n) is 8.47. The molecule has 0 unspecified atom stereocenters. The van der Waals surface area contributed by atoms with Crippen LogP contribution in [0.1, 0.15) is 99.8 Å². The molecule has 2 N–H and O–H groups in total. The highest BCUT2D eigenvalue weighted by Crippen LogP contribution is 2.40. The van der Waals surface area contributed by atoms with Crippen molar-refractivity contribution in [3.05, 3.63) is 0 Å². The molecule has 0 radical (unpaired) electrons. The molecule has 0 aromatic rings. The van der Waals surface area contributed by atoms with Crippen molar-refractivity contribution >= 4 is 11.8 Å². The fourth-order valence-corrected chi connectivity index (χ4v) is 8.47. The van der Waals surface area contributed by atoms with Crippen LogP contribution in [-0.2, 0) is 28.5 Å². The van der Waals surface area contributed by atoms with E-state index in [1.54, 1.807) is 21.0 Å². The first-order valence-electron chi connectivity index (χ1n) is 18.5. The number of likely N-dealkylation sites (N-methyl/N-ethyl adjacent to an activating group) is 1. The number of cyclic esters (lactones) is 1. The minimum absolute atomic E-state index is 0.0861. The number of esters is 1. The molecule has 272 valence electrons. The van der Waals surface area contributed by atoms with Gasteiger partial charge in [0.2, 0.25) is 0 Å². The Bertz CT molecular complexity index is 1030. The van der Waals surface area contributed by atoms with Gasteiger partial charge in [0, 0.05) is 37.7 Å². The highest BCUT2D eigenvalue weighted by molar-refractivity contribution is 6.04. The third-order valence-electron chi connectivity index (χ3n) is 11.7. The molecule has 4 fully saturated rings. The van der Waals surface area contributed by atoms with Crippen molar-refractivity contribution in [3.63, 3.8) is 0 Å². The van der Waals surface area contributed by atoms with Gasteiger partial charge in [-0.2, -0.15) is 0 Å². The molecule has 0 bridgehead atoms. The van der Waals surface area contributed by atoms with Crippen LogP contribution in [0.25, 0.3) is 0 Å².